The Kier molecular flexibility index (Phi) is 6.90. The van der Waals surface area contributed by atoms with Gasteiger partial charge in [-0.3, -0.25) is 9.89 Å². The molecule has 3 amide bonds. The molecule has 1 aliphatic heterocycles. The van der Waals surface area contributed by atoms with E-state index in [1.165, 1.54) is 11.8 Å². The number of aromatic nitrogens is 3. The molecule has 1 aromatic heterocycles. The van der Waals surface area contributed by atoms with Crippen LogP contribution in [0.3, 0.4) is 0 Å². The molecule has 2 aromatic carbocycles. The van der Waals surface area contributed by atoms with Gasteiger partial charge >= 0.3 is 6.03 Å². The van der Waals surface area contributed by atoms with Crippen molar-refractivity contribution in [1.82, 2.24) is 25.0 Å². The van der Waals surface area contributed by atoms with Crippen LogP contribution in [0.5, 0.6) is 5.75 Å². The SMILES string of the molecule is COc1ccc(-c2nc(SCC(=O)N3CCN(C(=O)Nc4ccccc4)CC3)n[nH]2)cc1. The molecule has 1 aliphatic rings. The van der Waals surface area contributed by atoms with E-state index >= 15 is 0 Å². The fraction of sp³-hybridized carbons (Fsp3) is 0.273. The summed E-state index contributed by atoms with van der Waals surface area (Å²) in [6.07, 6.45) is 0. The molecule has 3 aromatic rings. The highest BCUT2D eigenvalue weighted by Crippen LogP contribution is 2.22. The Hall–Kier alpha value is -3.53. The third kappa shape index (κ3) is 5.38. The molecule has 9 nitrogen and oxygen atoms in total. The number of nitrogens with zero attached hydrogens (tertiary/aromatic N) is 4. The van der Waals surface area contributed by atoms with E-state index in [0.29, 0.717) is 37.2 Å². The average molecular weight is 453 g/mol. The highest BCUT2D eigenvalue weighted by atomic mass is 32.2. The molecule has 2 heterocycles. The van der Waals surface area contributed by atoms with Crippen LogP contribution in [0.15, 0.2) is 59.8 Å². The van der Waals surface area contributed by atoms with Gasteiger partial charge in [0.05, 0.1) is 12.9 Å². The first-order valence-electron chi connectivity index (χ1n) is 10.2. The standard InChI is InChI=1S/C22H24N6O3S/c1-31-18-9-7-16(8-10-18)20-24-21(26-25-20)32-15-19(29)27-11-13-28(14-12-27)22(30)23-17-5-3-2-4-6-17/h2-10H,11-15H2,1H3,(H,23,30)(H,24,25,26). The van der Waals surface area contributed by atoms with Crippen LogP contribution in [0.2, 0.25) is 0 Å². The van der Waals surface area contributed by atoms with Crippen molar-refractivity contribution in [2.75, 3.05) is 44.4 Å². The molecule has 1 saturated heterocycles. The molecule has 0 unspecified atom stereocenters. The minimum Gasteiger partial charge on any atom is -0.497 e. The lowest BCUT2D eigenvalue weighted by molar-refractivity contribution is -0.129. The molecular formula is C22H24N6O3S. The number of H-pyrrole nitrogens is 1. The van der Waals surface area contributed by atoms with Crippen molar-refractivity contribution in [3.63, 3.8) is 0 Å². The fourth-order valence-corrected chi connectivity index (χ4v) is 3.99. The zero-order chi connectivity index (χ0) is 22.3. The third-order valence-electron chi connectivity index (χ3n) is 5.10. The maximum Gasteiger partial charge on any atom is 0.321 e. The van der Waals surface area contributed by atoms with Gasteiger partial charge in [0.15, 0.2) is 5.82 Å². The van der Waals surface area contributed by atoms with Gasteiger partial charge in [-0.05, 0) is 36.4 Å². The van der Waals surface area contributed by atoms with Crippen molar-refractivity contribution in [2.24, 2.45) is 0 Å². The number of hydrogen-bond donors (Lipinski definition) is 2. The first-order valence-corrected chi connectivity index (χ1v) is 11.2. The van der Waals surface area contributed by atoms with Gasteiger partial charge < -0.3 is 19.9 Å². The summed E-state index contributed by atoms with van der Waals surface area (Å²) in [7, 11) is 1.62. The maximum absolute atomic E-state index is 12.6. The number of rotatable bonds is 6. The van der Waals surface area contributed by atoms with Gasteiger partial charge in [-0.2, -0.15) is 0 Å². The highest BCUT2D eigenvalue weighted by molar-refractivity contribution is 7.99. The van der Waals surface area contributed by atoms with Gasteiger partial charge in [-0.25, -0.2) is 9.78 Å². The Morgan fingerprint density at radius 1 is 1.03 bits per heavy atom. The smallest absolute Gasteiger partial charge is 0.321 e. The maximum atomic E-state index is 12.6. The zero-order valence-corrected chi connectivity index (χ0v) is 18.5. The summed E-state index contributed by atoms with van der Waals surface area (Å²) in [5.41, 5.74) is 1.65. The molecule has 4 rings (SSSR count). The number of carbonyl (C=O) groups is 2. The Labute approximate surface area is 190 Å². The second-order valence-corrected chi connectivity index (χ2v) is 8.09. The summed E-state index contributed by atoms with van der Waals surface area (Å²) in [6, 6.07) is 16.7. The molecular weight excluding hydrogens is 428 g/mol. The molecule has 10 heteroatoms. The number of urea groups is 1. The van der Waals surface area contributed by atoms with Crippen LogP contribution in [-0.2, 0) is 4.79 Å². The summed E-state index contributed by atoms with van der Waals surface area (Å²) >= 11 is 1.29. The van der Waals surface area contributed by atoms with E-state index in [1.807, 2.05) is 54.6 Å². The van der Waals surface area contributed by atoms with Crippen LogP contribution in [0.1, 0.15) is 0 Å². The monoisotopic (exact) mass is 452 g/mol. The second-order valence-electron chi connectivity index (χ2n) is 7.15. The lowest BCUT2D eigenvalue weighted by atomic mass is 10.2. The van der Waals surface area contributed by atoms with Crippen molar-refractivity contribution in [3.8, 4) is 17.1 Å². The fourth-order valence-electron chi connectivity index (χ4n) is 3.29. The topological polar surface area (TPSA) is 103 Å². The first-order chi connectivity index (χ1) is 15.6. The molecule has 0 saturated carbocycles. The summed E-state index contributed by atoms with van der Waals surface area (Å²) in [4.78, 5) is 32.9. The largest absolute Gasteiger partial charge is 0.497 e. The van der Waals surface area contributed by atoms with E-state index in [9.17, 15) is 9.59 Å². The van der Waals surface area contributed by atoms with Gasteiger partial charge in [0, 0.05) is 37.4 Å². The number of nitrogens with one attached hydrogen (secondary N) is 2. The molecule has 0 spiro atoms. The predicted molar refractivity (Wildman–Crippen MR) is 123 cm³/mol. The third-order valence-corrected chi connectivity index (χ3v) is 5.93. The molecule has 32 heavy (non-hydrogen) atoms. The summed E-state index contributed by atoms with van der Waals surface area (Å²) in [6.45, 7) is 2.01. The van der Waals surface area contributed by atoms with Crippen molar-refractivity contribution >= 4 is 29.4 Å². The lowest BCUT2D eigenvalue weighted by Gasteiger charge is -2.34. The molecule has 2 N–H and O–H groups in total. The summed E-state index contributed by atoms with van der Waals surface area (Å²) in [5, 5.41) is 10.5. The molecule has 0 aliphatic carbocycles. The minimum absolute atomic E-state index is 0.00825. The van der Waals surface area contributed by atoms with Crippen LogP contribution in [0.4, 0.5) is 10.5 Å². The number of amides is 3. The number of piperazine rings is 1. The summed E-state index contributed by atoms with van der Waals surface area (Å²) in [5.74, 6) is 1.66. The zero-order valence-electron chi connectivity index (χ0n) is 17.7. The number of carbonyl (C=O) groups excluding carboxylic acids is 2. The quantitative estimate of drug-likeness (QED) is 0.558. The van der Waals surface area contributed by atoms with Crippen LogP contribution < -0.4 is 10.1 Å². The lowest BCUT2D eigenvalue weighted by Crippen LogP contribution is -2.52. The molecule has 0 bridgehead atoms. The van der Waals surface area contributed by atoms with Crippen molar-refractivity contribution in [3.05, 3.63) is 54.6 Å². The predicted octanol–water partition coefficient (Wildman–Crippen LogP) is 2.95. The highest BCUT2D eigenvalue weighted by Gasteiger charge is 2.24. The van der Waals surface area contributed by atoms with Crippen LogP contribution in [0.25, 0.3) is 11.4 Å². The minimum atomic E-state index is -0.149. The van der Waals surface area contributed by atoms with E-state index in [1.54, 1.807) is 16.9 Å². The number of aromatic amines is 1. The van der Waals surface area contributed by atoms with Crippen LogP contribution in [0, 0.1) is 0 Å². The average Bonchev–Trinajstić information content (AvgIpc) is 3.32. The molecule has 0 radical (unpaired) electrons. The van der Waals surface area contributed by atoms with Crippen molar-refractivity contribution < 1.29 is 14.3 Å². The number of ether oxygens (including phenoxy) is 1. The van der Waals surface area contributed by atoms with Gasteiger partial charge in [0.25, 0.3) is 0 Å². The Bertz CT molecular complexity index is 1050. The van der Waals surface area contributed by atoms with Gasteiger partial charge in [-0.15, -0.1) is 5.10 Å². The number of para-hydroxylation sites is 1. The van der Waals surface area contributed by atoms with E-state index in [0.717, 1.165) is 17.0 Å². The first kappa shape index (κ1) is 21.7. The number of thioether (sulfide) groups is 1. The van der Waals surface area contributed by atoms with E-state index in [2.05, 4.69) is 20.5 Å². The number of methoxy groups -OCH3 is 1. The number of anilines is 1. The second kappa shape index (κ2) is 10.2. The Morgan fingerprint density at radius 2 is 1.72 bits per heavy atom. The molecule has 0 atom stereocenters. The summed E-state index contributed by atoms with van der Waals surface area (Å²) < 4.78 is 5.16. The normalized spacial score (nSPS) is 13.7. The Balaban J connectivity index is 1.23. The number of hydrogen-bond acceptors (Lipinski definition) is 6. The van der Waals surface area contributed by atoms with Crippen LogP contribution >= 0.6 is 11.8 Å². The van der Waals surface area contributed by atoms with E-state index in [-0.39, 0.29) is 17.7 Å². The van der Waals surface area contributed by atoms with Crippen molar-refractivity contribution in [2.45, 2.75) is 5.16 Å². The van der Waals surface area contributed by atoms with Crippen molar-refractivity contribution in [1.29, 1.82) is 0 Å². The molecule has 166 valence electrons. The Morgan fingerprint density at radius 3 is 2.41 bits per heavy atom. The van der Waals surface area contributed by atoms with E-state index in [4.69, 9.17) is 4.74 Å². The van der Waals surface area contributed by atoms with Gasteiger partial charge in [-0.1, -0.05) is 30.0 Å². The number of benzene rings is 2. The van der Waals surface area contributed by atoms with E-state index < -0.39 is 0 Å². The van der Waals surface area contributed by atoms with Gasteiger partial charge in [0.2, 0.25) is 11.1 Å². The molecule has 1 fully saturated rings. The van der Waals surface area contributed by atoms with Gasteiger partial charge in [0.1, 0.15) is 5.75 Å². The van der Waals surface area contributed by atoms with Crippen LogP contribution in [-0.4, -0.2) is 76.0 Å².